The van der Waals surface area contributed by atoms with Crippen molar-refractivity contribution in [3.63, 3.8) is 0 Å². The van der Waals surface area contributed by atoms with Crippen molar-refractivity contribution in [3.05, 3.63) is 64.2 Å². The van der Waals surface area contributed by atoms with Gasteiger partial charge in [0.05, 0.1) is 36.4 Å². The summed E-state index contributed by atoms with van der Waals surface area (Å²) in [5, 5.41) is 0.360. The zero-order valence-corrected chi connectivity index (χ0v) is 13.6. The monoisotopic (exact) mass is 324 g/mol. The summed E-state index contributed by atoms with van der Waals surface area (Å²) in [4.78, 5) is 29.0. The molecule has 2 aromatic heterocycles. The van der Waals surface area contributed by atoms with Crippen molar-refractivity contribution in [3.8, 4) is 11.4 Å². The number of carbonyl (C=O) groups is 1. The molecule has 3 rings (SSSR count). The Labute approximate surface area is 138 Å². The van der Waals surface area contributed by atoms with Crippen molar-refractivity contribution >= 4 is 16.9 Å². The lowest BCUT2D eigenvalue weighted by atomic mass is 10.1. The molecule has 3 aromatic rings. The molecule has 0 atom stereocenters. The van der Waals surface area contributed by atoms with Gasteiger partial charge < -0.3 is 9.47 Å². The van der Waals surface area contributed by atoms with Crippen molar-refractivity contribution in [2.75, 3.05) is 14.2 Å². The van der Waals surface area contributed by atoms with E-state index in [0.717, 1.165) is 0 Å². The molecule has 122 valence electrons. The fourth-order valence-corrected chi connectivity index (χ4v) is 2.53. The Hall–Kier alpha value is -3.15. The number of methoxy groups -OCH3 is 2. The van der Waals surface area contributed by atoms with Crippen LogP contribution < -0.4 is 10.3 Å². The predicted molar refractivity (Wildman–Crippen MR) is 90.0 cm³/mol. The Bertz CT molecular complexity index is 975. The number of aryl methyl sites for hydroxylation is 1. The quantitative estimate of drug-likeness (QED) is 0.692. The third kappa shape index (κ3) is 2.62. The molecule has 0 fully saturated rings. The van der Waals surface area contributed by atoms with Crippen molar-refractivity contribution in [2.24, 2.45) is 0 Å². The second-order valence-corrected chi connectivity index (χ2v) is 5.23. The molecule has 0 bridgehead atoms. The summed E-state index contributed by atoms with van der Waals surface area (Å²) in [6.07, 6.45) is 1.66. The highest BCUT2D eigenvalue weighted by Gasteiger charge is 2.14. The van der Waals surface area contributed by atoms with E-state index in [-0.39, 0.29) is 11.1 Å². The Morgan fingerprint density at radius 3 is 2.46 bits per heavy atom. The minimum Gasteiger partial charge on any atom is -0.497 e. The van der Waals surface area contributed by atoms with Crippen LogP contribution in [-0.2, 0) is 4.74 Å². The molecular weight excluding hydrogens is 308 g/mol. The minimum atomic E-state index is -0.513. The third-order valence-electron chi connectivity index (χ3n) is 3.83. The smallest absolute Gasteiger partial charge is 0.339 e. The summed E-state index contributed by atoms with van der Waals surface area (Å²) >= 11 is 0. The molecular formula is C18H16N2O4. The molecule has 0 saturated heterocycles. The molecule has 2 heterocycles. The Morgan fingerprint density at radius 1 is 1.12 bits per heavy atom. The lowest BCUT2D eigenvalue weighted by molar-refractivity contribution is 0.0599. The standard InChI is InChI=1S/C18H16N2O4/c1-11-14(18(22)24-3)10-15-16(19-11)8-9-20(17(15)21)12-4-6-13(23-2)7-5-12/h4-10H,1-3H3. The van der Waals surface area contributed by atoms with Crippen molar-refractivity contribution < 1.29 is 14.3 Å². The number of hydrogen-bond acceptors (Lipinski definition) is 5. The van der Waals surface area contributed by atoms with Gasteiger partial charge in [-0.2, -0.15) is 0 Å². The number of pyridine rings is 2. The molecule has 6 nitrogen and oxygen atoms in total. The Kier molecular flexibility index (Phi) is 4.04. The number of esters is 1. The van der Waals surface area contributed by atoms with Gasteiger partial charge in [-0.3, -0.25) is 14.3 Å². The van der Waals surface area contributed by atoms with E-state index >= 15 is 0 Å². The molecule has 0 N–H and O–H groups in total. The van der Waals surface area contributed by atoms with E-state index in [0.29, 0.717) is 28.0 Å². The molecule has 24 heavy (non-hydrogen) atoms. The van der Waals surface area contributed by atoms with E-state index in [1.807, 2.05) is 0 Å². The van der Waals surface area contributed by atoms with Crippen LogP contribution in [0.2, 0.25) is 0 Å². The molecule has 0 radical (unpaired) electrons. The van der Waals surface area contributed by atoms with Crippen LogP contribution in [0.3, 0.4) is 0 Å². The average molecular weight is 324 g/mol. The number of fused-ring (bicyclic) bond motifs is 1. The van der Waals surface area contributed by atoms with Crippen LogP contribution in [0, 0.1) is 6.92 Å². The molecule has 0 unspecified atom stereocenters. The first-order valence-electron chi connectivity index (χ1n) is 7.31. The van der Waals surface area contributed by atoms with Crippen LogP contribution >= 0.6 is 0 Å². The summed E-state index contributed by atoms with van der Waals surface area (Å²) in [6, 6.07) is 10.4. The molecule has 0 spiro atoms. The maximum atomic E-state index is 12.8. The first kappa shape index (κ1) is 15.7. The van der Waals surface area contributed by atoms with E-state index < -0.39 is 5.97 Å². The van der Waals surface area contributed by atoms with Gasteiger partial charge in [0.25, 0.3) is 5.56 Å². The molecule has 0 aliphatic carbocycles. The number of ether oxygens (including phenoxy) is 2. The summed E-state index contributed by atoms with van der Waals surface area (Å²) in [5.74, 6) is 0.194. The van der Waals surface area contributed by atoms with Gasteiger partial charge in [0, 0.05) is 11.9 Å². The van der Waals surface area contributed by atoms with E-state index in [2.05, 4.69) is 4.98 Å². The fraction of sp³-hybridized carbons (Fsp3) is 0.167. The van der Waals surface area contributed by atoms with Crippen molar-refractivity contribution in [1.82, 2.24) is 9.55 Å². The second kappa shape index (κ2) is 6.16. The average Bonchev–Trinajstić information content (AvgIpc) is 2.61. The summed E-state index contributed by atoms with van der Waals surface area (Å²) < 4.78 is 11.4. The maximum Gasteiger partial charge on any atom is 0.339 e. The Balaban J connectivity index is 2.20. The number of carbonyl (C=O) groups excluding carboxylic acids is 1. The van der Waals surface area contributed by atoms with Crippen molar-refractivity contribution in [2.45, 2.75) is 6.92 Å². The summed E-state index contributed by atoms with van der Waals surface area (Å²) in [6.45, 7) is 1.71. The lowest BCUT2D eigenvalue weighted by Gasteiger charge is -2.10. The van der Waals surface area contributed by atoms with Gasteiger partial charge >= 0.3 is 5.97 Å². The van der Waals surface area contributed by atoms with Crippen molar-refractivity contribution in [1.29, 1.82) is 0 Å². The van der Waals surface area contributed by atoms with Gasteiger partial charge in [0.1, 0.15) is 5.75 Å². The van der Waals surface area contributed by atoms with Crippen LogP contribution in [0.5, 0.6) is 5.75 Å². The van der Waals surface area contributed by atoms with Crippen LogP contribution in [0.15, 0.2) is 47.4 Å². The maximum absolute atomic E-state index is 12.8. The van der Waals surface area contributed by atoms with Gasteiger partial charge in [-0.05, 0) is 43.3 Å². The van der Waals surface area contributed by atoms with E-state index in [1.165, 1.54) is 17.7 Å². The summed E-state index contributed by atoms with van der Waals surface area (Å²) in [7, 11) is 2.88. The van der Waals surface area contributed by atoms with Gasteiger partial charge in [-0.25, -0.2) is 4.79 Å². The van der Waals surface area contributed by atoms with E-state index in [4.69, 9.17) is 9.47 Å². The fourth-order valence-electron chi connectivity index (χ4n) is 2.53. The third-order valence-corrected chi connectivity index (χ3v) is 3.83. The second-order valence-electron chi connectivity index (χ2n) is 5.23. The highest BCUT2D eigenvalue weighted by molar-refractivity contribution is 5.94. The predicted octanol–water partition coefficient (Wildman–Crippen LogP) is 2.49. The normalized spacial score (nSPS) is 10.6. The van der Waals surface area contributed by atoms with Gasteiger partial charge in [0.2, 0.25) is 0 Å². The highest BCUT2D eigenvalue weighted by Crippen LogP contribution is 2.17. The van der Waals surface area contributed by atoms with E-state index in [9.17, 15) is 9.59 Å². The Morgan fingerprint density at radius 2 is 1.83 bits per heavy atom. The summed E-state index contributed by atoms with van der Waals surface area (Å²) in [5.41, 5.74) is 1.79. The van der Waals surface area contributed by atoms with E-state index in [1.54, 1.807) is 50.6 Å². The SMILES string of the molecule is COC(=O)c1cc2c(=O)n(-c3ccc(OC)cc3)ccc2nc1C. The van der Waals surface area contributed by atoms with Gasteiger partial charge in [-0.15, -0.1) is 0 Å². The molecule has 0 aliphatic heterocycles. The minimum absolute atomic E-state index is 0.254. The van der Waals surface area contributed by atoms with Crippen LogP contribution in [0.25, 0.3) is 16.6 Å². The highest BCUT2D eigenvalue weighted by atomic mass is 16.5. The van der Waals surface area contributed by atoms with Crippen LogP contribution in [0.1, 0.15) is 16.1 Å². The largest absolute Gasteiger partial charge is 0.497 e. The zero-order chi connectivity index (χ0) is 17.3. The molecule has 0 amide bonds. The lowest BCUT2D eigenvalue weighted by Crippen LogP contribution is -2.19. The number of benzene rings is 1. The molecule has 0 aliphatic rings. The first-order valence-corrected chi connectivity index (χ1v) is 7.31. The number of aromatic nitrogens is 2. The number of hydrogen-bond donors (Lipinski definition) is 0. The number of nitrogens with zero attached hydrogens (tertiary/aromatic N) is 2. The topological polar surface area (TPSA) is 70.4 Å². The van der Waals surface area contributed by atoms with Gasteiger partial charge in [-0.1, -0.05) is 0 Å². The zero-order valence-electron chi connectivity index (χ0n) is 13.6. The van der Waals surface area contributed by atoms with Crippen LogP contribution in [-0.4, -0.2) is 29.7 Å². The first-order chi connectivity index (χ1) is 11.5. The van der Waals surface area contributed by atoms with Gasteiger partial charge in [0.15, 0.2) is 0 Å². The molecule has 0 saturated carbocycles. The number of rotatable bonds is 3. The van der Waals surface area contributed by atoms with Crippen LogP contribution in [0.4, 0.5) is 0 Å². The molecule has 1 aromatic carbocycles. The molecule has 6 heteroatoms.